The molecule has 1 aromatic heterocycles. The molecule has 1 unspecified atom stereocenters. The molecule has 2 aromatic rings. The van der Waals surface area contributed by atoms with Gasteiger partial charge < -0.3 is 5.32 Å². The number of amides is 1. The Labute approximate surface area is 128 Å². The monoisotopic (exact) mass is 317 g/mol. The SMILES string of the molecule is Cc1nc2ccc(C(=O)NC3C=CS(=O)(=O)C3)cc2nc1C. The Morgan fingerprint density at radius 1 is 1.18 bits per heavy atom. The first-order valence-corrected chi connectivity index (χ1v) is 8.52. The molecule has 0 spiro atoms. The number of sulfone groups is 1. The lowest BCUT2D eigenvalue weighted by atomic mass is 10.1. The summed E-state index contributed by atoms with van der Waals surface area (Å²) in [5, 5.41) is 3.82. The van der Waals surface area contributed by atoms with Gasteiger partial charge in [0.15, 0.2) is 9.84 Å². The van der Waals surface area contributed by atoms with Crippen LogP contribution in [0.4, 0.5) is 0 Å². The molecule has 1 aromatic carbocycles. The second-order valence-corrected chi connectivity index (χ2v) is 7.27. The number of carbonyl (C=O) groups excluding carboxylic acids is 1. The summed E-state index contributed by atoms with van der Waals surface area (Å²) in [6.45, 7) is 3.75. The minimum Gasteiger partial charge on any atom is -0.345 e. The molecule has 0 saturated carbocycles. The van der Waals surface area contributed by atoms with E-state index in [2.05, 4.69) is 15.3 Å². The summed E-state index contributed by atoms with van der Waals surface area (Å²) in [5.74, 6) is -0.418. The van der Waals surface area contributed by atoms with Gasteiger partial charge in [0.1, 0.15) is 0 Å². The molecule has 0 fully saturated rings. The van der Waals surface area contributed by atoms with Crippen molar-refractivity contribution in [3.8, 4) is 0 Å². The molecule has 22 heavy (non-hydrogen) atoms. The molecule has 2 heterocycles. The second kappa shape index (κ2) is 5.17. The van der Waals surface area contributed by atoms with Crippen LogP contribution >= 0.6 is 0 Å². The molecular weight excluding hydrogens is 302 g/mol. The molecular formula is C15H15N3O3S. The fourth-order valence-corrected chi connectivity index (χ4v) is 3.52. The Morgan fingerprint density at radius 3 is 2.50 bits per heavy atom. The summed E-state index contributed by atoms with van der Waals surface area (Å²) in [5.41, 5.74) is 3.47. The number of rotatable bonds is 2. The van der Waals surface area contributed by atoms with Crippen LogP contribution in [0.1, 0.15) is 21.7 Å². The van der Waals surface area contributed by atoms with Gasteiger partial charge in [-0.1, -0.05) is 0 Å². The van der Waals surface area contributed by atoms with Crippen molar-refractivity contribution in [2.45, 2.75) is 19.9 Å². The summed E-state index contributed by atoms with van der Waals surface area (Å²) in [4.78, 5) is 21.1. The van der Waals surface area contributed by atoms with Crippen molar-refractivity contribution < 1.29 is 13.2 Å². The quantitative estimate of drug-likeness (QED) is 0.901. The lowest BCUT2D eigenvalue weighted by molar-refractivity contribution is 0.0948. The van der Waals surface area contributed by atoms with Crippen molar-refractivity contribution in [2.24, 2.45) is 0 Å². The molecule has 0 radical (unpaired) electrons. The van der Waals surface area contributed by atoms with Crippen molar-refractivity contribution >= 4 is 26.8 Å². The Balaban J connectivity index is 1.85. The Hall–Kier alpha value is -2.28. The molecule has 1 atom stereocenters. The highest BCUT2D eigenvalue weighted by molar-refractivity contribution is 7.94. The molecule has 0 bridgehead atoms. The van der Waals surface area contributed by atoms with Gasteiger partial charge in [-0.3, -0.25) is 4.79 Å². The minimum atomic E-state index is -3.19. The van der Waals surface area contributed by atoms with E-state index in [0.29, 0.717) is 11.1 Å². The largest absolute Gasteiger partial charge is 0.345 e. The van der Waals surface area contributed by atoms with Crippen LogP contribution in [0.3, 0.4) is 0 Å². The minimum absolute atomic E-state index is 0.0928. The van der Waals surface area contributed by atoms with Crippen molar-refractivity contribution in [1.82, 2.24) is 15.3 Å². The molecule has 1 aliphatic heterocycles. The third-order valence-corrected chi connectivity index (χ3v) is 4.98. The average molecular weight is 317 g/mol. The molecule has 6 nitrogen and oxygen atoms in total. The van der Waals surface area contributed by atoms with E-state index in [1.807, 2.05) is 13.8 Å². The van der Waals surface area contributed by atoms with Crippen LogP contribution in [-0.2, 0) is 9.84 Å². The lowest BCUT2D eigenvalue weighted by Gasteiger charge is -2.10. The fourth-order valence-electron chi connectivity index (χ4n) is 2.29. The van der Waals surface area contributed by atoms with E-state index in [1.54, 1.807) is 18.2 Å². The summed E-state index contributed by atoms with van der Waals surface area (Å²) >= 11 is 0. The number of nitrogens with one attached hydrogen (secondary N) is 1. The van der Waals surface area contributed by atoms with Gasteiger partial charge in [0.05, 0.1) is 34.2 Å². The topological polar surface area (TPSA) is 89.0 Å². The number of hydrogen-bond donors (Lipinski definition) is 1. The van der Waals surface area contributed by atoms with E-state index >= 15 is 0 Å². The van der Waals surface area contributed by atoms with Gasteiger partial charge in [-0.15, -0.1) is 0 Å². The van der Waals surface area contributed by atoms with Crippen molar-refractivity contribution in [2.75, 3.05) is 5.75 Å². The van der Waals surface area contributed by atoms with E-state index in [-0.39, 0.29) is 11.7 Å². The van der Waals surface area contributed by atoms with Gasteiger partial charge >= 0.3 is 0 Å². The summed E-state index contributed by atoms with van der Waals surface area (Å²) < 4.78 is 22.7. The van der Waals surface area contributed by atoms with Gasteiger partial charge in [-0.05, 0) is 38.1 Å². The van der Waals surface area contributed by atoms with Crippen LogP contribution in [0.15, 0.2) is 29.7 Å². The molecule has 114 valence electrons. The van der Waals surface area contributed by atoms with Gasteiger partial charge in [-0.2, -0.15) is 0 Å². The van der Waals surface area contributed by atoms with Crippen molar-refractivity contribution in [3.05, 3.63) is 46.6 Å². The van der Waals surface area contributed by atoms with Crippen LogP contribution in [0, 0.1) is 13.8 Å². The maximum Gasteiger partial charge on any atom is 0.251 e. The zero-order chi connectivity index (χ0) is 15.9. The normalized spacial score (nSPS) is 19.5. The maximum absolute atomic E-state index is 12.2. The molecule has 1 amide bonds. The first-order valence-electron chi connectivity index (χ1n) is 6.81. The number of aromatic nitrogens is 2. The molecule has 1 aliphatic rings. The van der Waals surface area contributed by atoms with Crippen molar-refractivity contribution in [3.63, 3.8) is 0 Å². The third kappa shape index (κ3) is 2.85. The van der Waals surface area contributed by atoms with Crippen molar-refractivity contribution in [1.29, 1.82) is 0 Å². The summed E-state index contributed by atoms with van der Waals surface area (Å²) in [7, 11) is -3.19. The Kier molecular flexibility index (Phi) is 3.44. The van der Waals surface area contributed by atoms with Gasteiger partial charge in [0.2, 0.25) is 0 Å². The Morgan fingerprint density at radius 2 is 1.86 bits per heavy atom. The highest BCUT2D eigenvalue weighted by atomic mass is 32.2. The number of aryl methyl sites for hydroxylation is 2. The first kappa shape index (κ1) is 14.6. The van der Waals surface area contributed by atoms with Gasteiger partial charge in [0.25, 0.3) is 5.91 Å². The molecule has 1 N–H and O–H groups in total. The Bertz CT molecular complexity index is 904. The third-order valence-electron chi connectivity index (χ3n) is 3.58. The maximum atomic E-state index is 12.2. The predicted octanol–water partition coefficient (Wildman–Crippen LogP) is 1.29. The van der Waals surface area contributed by atoms with Crippen LogP contribution in [-0.4, -0.2) is 36.1 Å². The lowest BCUT2D eigenvalue weighted by Crippen LogP contribution is -2.35. The molecule has 7 heteroatoms. The van der Waals surface area contributed by atoms with Gasteiger partial charge in [-0.25, -0.2) is 18.4 Å². The van der Waals surface area contributed by atoms with Crippen LogP contribution in [0.25, 0.3) is 11.0 Å². The van der Waals surface area contributed by atoms with E-state index < -0.39 is 15.9 Å². The number of carbonyl (C=O) groups is 1. The highest BCUT2D eigenvalue weighted by Gasteiger charge is 2.23. The van der Waals surface area contributed by atoms with E-state index in [4.69, 9.17) is 0 Å². The zero-order valence-corrected chi connectivity index (χ0v) is 13.0. The zero-order valence-electron chi connectivity index (χ0n) is 12.2. The van der Waals surface area contributed by atoms with E-state index in [0.717, 1.165) is 22.3 Å². The number of nitrogens with zero attached hydrogens (tertiary/aromatic N) is 2. The number of hydrogen-bond acceptors (Lipinski definition) is 5. The van der Waals surface area contributed by atoms with Crippen LogP contribution in [0.5, 0.6) is 0 Å². The van der Waals surface area contributed by atoms with Crippen LogP contribution < -0.4 is 5.32 Å². The summed E-state index contributed by atoms with van der Waals surface area (Å²) in [6.07, 6.45) is 1.49. The smallest absolute Gasteiger partial charge is 0.251 e. The van der Waals surface area contributed by atoms with Gasteiger partial charge in [0, 0.05) is 11.0 Å². The standard InChI is InChI=1S/C15H15N3O3S/c1-9-10(2)17-14-7-11(3-4-13(14)16-9)15(19)18-12-5-6-22(20,21)8-12/h3-7,12H,8H2,1-2H3,(H,18,19). The highest BCUT2D eigenvalue weighted by Crippen LogP contribution is 2.15. The summed E-state index contributed by atoms with van der Waals surface area (Å²) in [6, 6.07) is 4.58. The van der Waals surface area contributed by atoms with E-state index in [9.17, 15) is 13.2 Å². The fraction of sp³-hybridized carbons (Fsp3) is 0.267. The number of benzene rings is 1. The van der Waals surface area contributed by atoms with Crippen LogP contribution in [0.2, 0.25) is 0 Å². The molecule has 3 rings (SSSR count). The molecule has 0 aliphatic carbocycles. The second-order valence-electron chi connectivity index (χ2n) is 5.34. The molecule has 0 saturated heterocycles. The first-order chi connectivity index (χ1) is 10.3. The average Bonchev–Trinajstić information content (AvgIpc) is 2.78. The number of fused-ring (bicyclic) bond motifs is 1. The predicted molar refractivity (Wildman–Crippen MR) is 83.2 cm³/mol. The van der Waals surface area contributed by atoms with E-state index in [1.165, 1.54) is 6.08 Å².